The van der Waals surface area contributed by atoms with E-state index in [0.29, 0.717) is 4.83 Å². The Morgan fingerprint density at radius 1 is 1.44 bits per heavy atom. The van der Waals surface area contributed by atoms with Crippen LogP contribution in [0, 0.1) is 5.92 Å². The molecule has 0 aliphatic heterocycles. The predicted molar refractivity (Wildman–Crippen MR) is 71.4 cm³/mol. The van der Waals surface area contributed by atoms with Gasteiger partial charge >= 0.3 is 0 Å². The van der Waals surface area contributed by atoms with E-state index in [-0.39, 0.29) is 0 Å². The van der Waals surface area contributed by atoms with Crippen LogP contribution >= 0.6 is 15.9 Å². The molecular formula is C14H19BrO. The number of hydrogen-bond acceptors (Lipinski definition) is 1. The van der Waals surface area contributed by atoms with E-state index in [1.807, 2.05) is 6.07 Å². The lowest BCUT2D eigenvalue weighted by atomic mass is 9.81. The van der Waals surface area contributed by atoms with Gasteiger partial charge in [-0.2, -0.15) is 0 Å². The molecule has 1 atom stereocenters. The van der Waals surface area contributed by atoms with E-state index in [0.717, 1.165) is 18.1 Å². The molecule has 0 saturated heterocycles. The molecule has 2 rings (SSSR count). The SMILES string of the molecule is COc1cccc(CC(Br)CC2CCC2)c1. The van der Waals surface area contributed by atoms with Gasteiger partial charge in [-0.3, -0.25) is 0 Å². The van der Waals surface area contributed by atoms with Crippen LogP contribution in [0.3, 0.4) is 0 Å². The van der Waals surface area contributed by atoms with E-state index >= 15 is 0 Å². The van der Waals surface area contributed by atoms with Crippen LogP contribution < -0.4 is 4.74 Å². The Balaban J connectivity index is 1.86. The maximum absolute atomic E-state index is 5.23. The van der Waals surface area contributed by atoms with Crippen LogP contribution in [-0.4, -0.2) is 11.9 Å². The second-order valence-corrected chi connectivity index (χ2v) is 5.98. The summed E-state index contributed by atoms with van der Waals surface area (Å²) in [6.07, 6.45) is 6.72. The first kappa shape index (κ1) is 12.0. The molecule has 0 radical (unpaired) electrons. The molecule has 0 spiro atoms. The van der Waals surface area contributed by atoms with Gasteiger partial charge in [-0.1, -0.05) is 47.3 Å². The van der Waals surface area contributed by atoms with E-state index in [2.05, 4.69) is 34.1 Å². The fourth-order valence-corrected chi connectivity index (χ4v) is 3.13. The number of halogens is 1. The molecule has 1 aliphatic carbocycles. The van der Waals surface area contributed by atoms with Crippen molar-refractivity contribution in [2.24, 2.45) is 5.92 Å². The molecule has 0 aromatic heterocycles. The van der Waals surface area contributed by atoms with Crippen molar-refractivity contribution in [2.45, 2.75) is 36.9 Å². The third-order valence-electron chi connectivity index (χ3n) is 3.41. The minimum Gasteiger partial charge on any atom is -0.497 e. The van der Waals surface area contributed by atoms with Gasteiger partial charge in [0.05, 0.1) is 7.11 Å². The fourth-order valence-electron chi connectivity index (χ4n) is 2.23. The van der Waals surface area contributed by atoms with Crippen LogP contribution in [0.25, 0.3) is 0 Å². The van der Waals surface area contributed by atoms with Crippen molar-refractivity contribution in [3.05, 3.63) is 29.8 Å². The summed E-state index contributed by atoms with van der Waals surface area (Å²) in [6.45, 7) is 0. The minimum atomic E-state index is 0.616. The van der Waals surface area contributed by atoms with Crippen molar-refractivity contribution in [3.63, 3.8) is 0 Å². The monoisotopic (exact) mass is 282 g/mol. The lowest BCUT2D eigenvalue weighted by molar-refractivity contribution is 0.294. The Kier molecular flexibility index (Phi) is 4.28. The molecule has 1 saturated carbocycles. The standard InChI is InChI=1S/C14H19BrO/c1-16-14-7-3-6-12(10-14)9-13(15)8-11-4-2-5-11/h3,6-7,10-11,13H,2,4-5,8-9H2,1H3. The summed E-state index contributed by atoms with van der Waals surface area (Å²) in [7, 11) is 1.72. The van der Waals surface area contributed by atoms with Crippen LogP contribution in [0.15, 0.2) is 24.3 Å². The van der Waals surface area contributed by atoms with Gasteiger partial charge in [-0.05, 0) is 36.5 Å². The van der Waals surface area contributed by atoms with E-state index < -0.39 is 0 Å². The zero-order chi connectivity index (χ0) is 11.4. The molecule has 0 heterocycles. The molecule has 88 valence electrons. The maximum Gasteiger partial charge on any atom is 0.119 e. The highest BCUT2D eigenvalue weighted by atomic mass is 79.9. The minimum absolute atomic E-state index is 0.616. The smallest absolute Gasteiger partial charge is 0.119 e. The van der Waals surface area contributed by atoms with E-state index in [1.165, 1.54) is 31.2 Å². The Morgan fingerprint density at radius 2 is 2.25 bits per heavy atom. The second-order valence-electron chi connectivity index (χ2n) is 4.69. The summed E-state index contributed by atoms with van der Waals surface area (Å²) in [4.78, 5) is 0.616. The van der Waals surface area contributed by atoms with Gasteiger partial charge < -0.3 is 4.74 Å². The molecule has 1 aromatic carbocycles. The Hall–Kier alpha value is -0.500. The molecular weight excluding hydrogens is 264 g/mol. The Labute approximate surface area is 106 Å². The third kappa shape index (κ3) is 3.24. The highest BCUT2D eigenvalue weighted by molar-refractivity contribution is 9.09. The summed E-state index contributed by atoms with van der Waals surface area (Å²) < 4.78 is 5.23. The average molecular weight is 283 g/mol. The second kappa shape index (κ2) is 5.72. The summed E-state index contributed by atoms with van der Waals surface area (Å²) in [6, 6.07) is 8.38. The summed E-state index contributed by atoms with van der Waals surface area (Å²) >= 11 is 3.80. The first-order chi connectivity index (χ1) is 7.78. The molecule has 0 bridgehead atoms. The van der Waals surface area contributed by atoms with Crippen molar-refractivity contribution < 1.29 is 4.74 Å². The van der Waals surface area contributed by atoms with Crippen molar-refractivity contribution in [3.8, 4) is 5.75 Å². The first-order valence-electron chi connectivity index (χ1n) is 6.05. The summed E-state index contributed by atoms with van der Waals surface area (Å²) in [5.74, 6) is 1.93. The van der Waals surface area contributed by atoms with Crippen molar-refractivity contribution in [2.75, 3.05) is 7.11 Å². The lowest BCUT2D eigenvalue weighted by Gasteiger charge is -2.27. The number of rotatable bonds is 5. The topological polar surface area (TPSA) is 9.23 Å². The van der Waals surface area contributed by atoms with Gasteiger partial charge in [0.2, 0.25) is 0 Å². The molecule has 1 nitrogen and oxygen atoms in total. The van der Waals surface area contributed by atoms with Gasteiger partial charge in [0.15, 0.2) is 0 Å². The largest absolute Gasteiger partial charge is 0.497 e. The van der Waals surface area contributed by atoms with Crippen LogP contribution in [0.1, 0.15) is 31.2 Å². The molecule has 1 aliphatic rings. The third-order valence-corrected chi connectivity index (χ3v) is 4.10. The van der Waals surface area contributed by atoms with Gasteiger partial charge in [0, 0.05) is 4.83 Å². The number of hydrogen-bond donors (Lipinski definition) is 0. The number of alkyl halides is 1. The normalized spacial score (nSPS) is 17.9. The first-order valence-corrected chi connectivity index (χ1v) is 6.96. The molecule has 2 heteroatoms. The molecule has 1 unspecified atom stereocenters. The van der Waals surface area contributed by atoms with Crippen LogP contribution in [-0.2, 0) is 6.42 Å². The van der Waals surface area contributed by atoms with E-state index in [1.54, 1.807) is 7.11 Å². The number of ether oxygens (including phenoxy) is 1. The highest BCUT2D eigenvalue weighted by Crippen LogP contribution is 2.33. The van der Waals surface area contributed by atoms with Crippen LogP contribution in [0.2, 0.25) is 0 Å². The fraction of sp³-hybridized carbons (Fsp3) is 0.571. The van der Waals surface area contributed by atoms with E-state index in [9.17, 15) is 0 Å². The molecule has 1 fully saturated rings. The molecule has 0 N–H and O–H groups in total. The van der Waals surface area contributed by atoms with Gasteiger partial charge in [-0.25, -0.2) is 0 Å². The highest BCUT2D eigenvalue weighted by Gasteiger charge is 2.20. The molecule has 0 amide bonds. The van der Waals surface area contributed by atoms with E-state index in [4.69, 9.17) is 4.74 Å². The Bertz CT molecular complexity index is 333. The van der Waals surface area contributed by atoms with Gasteiger partial charge in [0.1, 0.15) is 5.75 Å². The maximum atomic E-state index is 5.23. The lowest BCUT2D eigenvalue weighted by Crippen LogP contribution is -2.17. The van der Waals surface area contributed by atoms with Crippen LogP contribution in [0.5, 0.6) is 5.75 Å². The number of methoxy groups -OCH3 is 1. The average Bonchev–Trinajstić information content (AvgIpc) is 2.24. The quantitative estimate of drug-likeness (QED) is 0.736. The zero-order valence-corrected chi connectivity index (χ0v) is 11.4. The van der Waals surface area contributed by atoms with Crippen molar-refractivity contribution >= 4 is 15.9 Å². The zero-order valence-electron chi connectivity index (χ0n) is 9.79. The Morgan fingerprint density at radius 3 is 2.88 bits per heavy atom. The molecule has 16 heavy (non-hydrogen) atoms. The van der Waals surface area contributed by atoms with Gasteiger partial charge in [-0.15, -0.1) is 0 Å². The summed E-state index contributed by atoms with van der Waals surface area (Å²) in [5.41, 5.74) is 1.36. The van der Waals surface area contributed by atoms with Gasteiger partial charge in [0.25, 0.3) is 0 Å². The molecule has 1 aromatic rings. The number of benzene rings is 1. The predicted octanol–water partition coefficient (Wildman–Crippen LogP) is 4.19. The van der Waals surface area contributed by atoms with Crippen molar-refractivity contribution in [1.82, 2.24) is 0 Å². The van der Waals surface area contributed by atoms with Crippen molar-refractivity contribution in [1.29, 1.82) is 0 Å². The van der Waals surface area contributed by atoms with Crippen LogP contribution in [0.4, 0.5) is 0 Å². The summed E-state index contributed by atoms with van der Waals surface area (Å²) in [5, 5.41) is 0.